The van der Waals surface area contributed by atoms with E-state index in [-0.39, 0.29) is 113 Å². The first kappa shape index (κ1) is 31.3. The molecule has 0 aliphatic heterocycles. The van der Waals surface area contributed by atoms with Gasteiger partial charge in [0.1, 0.15) is 0 Å². The van der Waals surface area contributed by atoms with Crippen LogP contribution in [-0.4, -0.2) is 149 Å². The normalized spacial score (nSPS) is 21.7. The summed E-state index contributed by atoms with van der Waals surface area (Å²) in [7, 11) is 0. The zero-order chi connectivity index (χ0) is 18.3. The fraction of sp³-hybridized carbons (Fsp3) is 0.455. The van der Waals surface area contributed by atoms with Crippen molar-refractivity contribution in [2.24, 2.45) is 22.7 Å². The third kappa shape index (κ3) is 4.13. The van der Waals surface area contributed by atoms with Crippen LogP contribution in [-0.2, 0) is 28.8 Å². The molecule has 126 valence electrons. The van der Waals surface area contributed by atoms with E-state index >= 15 is 0 Å². The number of carbonyl (C=O) groups excluding carboxylic acids is 6. The van der Waals surface area contributed by atoms with Crippen molar-refractivity contribution >= 4 is 149 Å². The monoisotopic (exact) mass is 448 g/mol. The Morgan fingerprint density at radius 1 is 0.538 bits per heavy atom. The minimum atomic E-state index is -4.35. The molecule has 1 aliphatic carbocycles. The average molecular weight is 448 g/mol. The Morgan fingerprint density at radius 3 is 0.846 bits per heavy atom. The van der Waals surface area contributed by atoms with Gasteiger partial charge in [0.15, 0.2) is 0 Å². The predicted octanol–water partition coefficient (Wildman–Crippen LogP) is -11.0. The average Bonchev–Trinajstić information content (AvgIpc) is 2.71. The molecular weight excluding hydrogens is 444 g/mol. The van der Waals surface area contributed by atoms with Gasteiger partial charge in [-0.15, -0.1) is 0 Å². The molecule has 0 radical (unpaired) electrons. The molecule has 0 heterocycles. The summed E-state index contributed by atoms with van der Waals surface area (Å²) in [5, 5.41) is 67.0. The molecule has 0 N–H and O–H groups in total. The first-order chi connectivity index (χ1) is 10.4. The quantitative estimate of drug-likeness (QED) is 0.272. The molecule has 12 nitrogen and oxygen atoms in total. The van der Waals surface area contributed by atoms with Crippen molar-refractivity contribution in [2.45, 2.75) is 6.42 Å². The Kier molecular flexibility index (Phi) is 13.2. The van der Waals surface area contributed by atoms with Crippen molar-refractivity contribution in [3.05, 3.63) is 0 Å². The van der Waals surface area contributed by atoms with Crippen LogP contribution in [0.2, 0.25) is 0 Å². The summed E-state index contributed by atoms with van der Waals surface area (Å²) < 4.78 is 0. The van der Waals surface area contributed by atoms with Crippen molar-refractivity contribution in [3.8, 4) is 0 Å². The minimum Gasteiger partial charge on any atom is -0.550 e. The van der Waals surface area contributed by atoms with Crippen molar-refractivity contribution in [1.82, 2.24) is 0 Å². The molecule has 0 amide bonds. The second-order valence-electron chi connectivity index (χ2n) is 4.74. The van der Waals surface area contributed by atoms with E-state index in [9.17, 15) is 59.4 Å². The van der Waals surface area contributed by atoms with E-state index in [0.717, 1.165) is 0 Å². The molecule has 0 aromatic rings. The van der Waals surface area contributed by atoms with Gasteiger partial charge in [-0.05, 0) is 6.42 Å². The van der Waals surface area contributed by atoms with E-state index < -0.39 is 64.9 Å². The largest absolute Gasteiger partial charge is 2.00 e. The molecule has 0 spiro atoms. The molecule has 1 saturated carbocycles. The maximum atomic E-state index is 11.3. The topological polar surface area (TPSA) is 241 Å². The third-order valence-corrected chi connectivity index (χ3v) is 4.00. The standard InChI is InChI=1S/C11H10O12.3Ca/c12-4(13)2-1-3(5(14)15)11(8(20)21,9(22)23)10(2,6(16)17)7(18)19;;;/h2-3H,1H2,(H,12,13)(H,14,15)(H,16,17)(H,18,19)(H,20,21)(H,22,23);;;/q;3*+2/p-6. The van der Waals surface area contributed by atoms with Crippen LogP contribution in [0.25, 0.3) is 0 Å². The Balaban J connectivity index is -0.00000176. The van der Waals surface area contributed by atoms with Gasteiger partial charge in [0.25, 0.3) is 0 Å². The van der Waals surface area contributed by atoms with Gasteiger partial charge in [0.05, 0.1) is 34.7 Å². The fourth-order valence-corrected chi connectivity index (χ4v) is 3.06. The molecule has 0 aromatic heterocycles. The number of aliphatic carboxylic acids is 6. The maximum Gasteiger partial charge on any atom is 2.00 e. The van der Waals surface area contributed by atoms with Gasteiger partial charge in [-0.1, -0.05) is 0 Å². The molecule has 2 unspecified atom stereocenters. The fourth-order valence-electron chi connectivity index (χ4n) is 3.06. The van der Waals surface area contributed by atoms with Gasteiger partial charge < -0.3 is 59.4 Å². The molecule has 0 bridgehead atoms. The van der Waals surface area contributed by atoms with E-state index in [0.29, 0.717) is 0 Å². The molecule has 0 saturated heterocycles. The summed E-state index contributed by atoms with van der Waals surface area (Å²) in [6.07, 6.45) is -1.57. The number of rotatable bonds is 6. The zero-order valence-corrected chi connectivity index (χ0v) is 19.5. The van der Waals surface area contributed by atoms with Crippen LogP contribution in [0, 0.1) is 22.7 Å². The third-order valence-electron chi connectivity index (χ3n) is 4.00. The molecule has 2 atom stereocenters. The Labute approximate surface area is 233 Å². The van der Waals surface area contributed by atoms with Crippen molar-refractivity contribution in [2.75, 3.05) is 0 Å². The maximum absolute atomic E-state index is 11.3. The second kappa shape index (κ2) is 11.0. The first-order valence-electron chi connectivity index (χ1n) is 5.67. The van der Waals surface area contributed by atoms with Crippen LogP contribution in [0.3, 0.4) is 0 Å². The minimum absolute atomic E-state index is 0. The molecule has 1 rings (SSSR count). The van der Waals surface area contributed by atoms with Crippen LogP contribution in [0.5, 0.6) is 0 Å². The van der Waals surface area contributed by atoms with Crippen molar-refractivity contribution in [3.63, 3.8) is 0 Å². The van der Waals surface area contributed by atoms with E-state index in [1.54, 1.807) is 0 Å². The first-order valence-corrected chi connectivity index (χ1v) is 5.67. The zero-order valence-electron chi connectivity index (χ0n) is 12.9. The smallest absolute Gasteiger partial charge is 0.550 e. The van der Waals surface area contributed by atoms with Crippen LogP contribution >= 0.6 is 0 Å². The number of hydrogen-bond donors (Lipinski definition) is 0. The summed E-state index contributed by atoms with van der Waals surface area (Å²) in [5.41, 5.74) is -8.71. The Bertz CT molecular complexity index is 562. The van der Waals surface area contributed by atoms with Crippen LogP contribution in [0.15, 0.2) is 0 Å². The molecule has 1 aliphatic rings. The van der Waals surface area contributed by atoms with E-state index in [1.807, 2.05) is 0 Å². The van der Waals surface area contributed by atoms with Crippen molar-refractivity contribution < 1.29 is 59.4 Å². The summed E-state index contributed by atoms with van der Waals surface area (Å²) >= 11 is 0. The van der Waals surface area contributed by atoms with Gasteiger partial charge in [0, 0.05) is 23.8 Å². The molecule has 26 heavy (non-hydrogen) atoms. The van der Waals surface area contributed by atoms with Gasteiger partial charge >= 0.3 is 113 Å². The summed E-state index contributed by atoms with van der Waals surface area (Å²) in [5.74, 6) is -23.1. The summed E-state index contributed by atoms with van der Waals surface area (Å²) in [4.78, 5) is 67.0. The summed E-state index contributed by atoms with van der Waals surface area (Å²) in [6.45, 7) is 0. The van der Waals surface area contributed by atoms with Crippen molar-refractivity contribution in [1.29, 1.82) is 0 Å². The molecule has 15 heteroatoms. The second-order valence-corrected chi connectivity index (χ2v) is 4.74. The van der Waals surface area contributed by atoms with E-state index in [4.69, 9.17) is 0 Å². The van der Waals surface area contributed by atoms with Crippen LogP contribution in [0.4, 0.5) is 0 Å². The van der Waals surface area contributed by atoms with Crippen LogP contribution < -0.4 is 30.6 Å². The van der Waals surface area contributed by atoms with Gasteiger partial charge in [-0.3, -0.25) is 0 Å². The van der Waals surface area contributed by atoms with Gasteiger partial charge in [-0.2, -0.15) is 0 Å². The SMILES string of the molecule is O=C([O-])C1CC(C(=O)[O-])C(C(=O)[O-])(C(=O)[O-])C1(C(=O)[O-])C(=O)[O-].[Ca+2].[Ca+2].[Ca+2]. The number of carbonyl (C=O) groups is 6. The van der Waals surface area contributed by atoms with Gasteiger partial charge in [-0.25, -0.2) is 0 Å². The summed E-state index contributed by atoms with van der Waals surface area (Å²) in [6, 6.07) is 0. The number of carboxylic acid groups (broad SMARTS) is 6. The van der Waals surface area contributed by atoms with E-state index in [2.05, 4.69) is 0 Å². The Morgan fingerprint density at radius 2 is 0.731 bits per heavy atom. The molecule has 0 aromatic carbocycles. The van der Waals surface area contributed by atoms with Crippen LogP contribution in [0.1, 0.15) is 6.42 Å². The predicted molar refractivity (Wildman–Crippen MR) is 63.8 cm³/mol. The Hall–Kier alpha value is 0.599. The number of hydrogen-bond acceptors (Lipinski definition) is 12. The van der Waals surface area contributed by atoms with Gasteiger partial charge in [0.2, 0.25) is 0 Å². The number of carboxylic acids is 6. The van der Waals surface area contributed by atoms with E-state index in [1.165, 1.54) is 0 Å². The molecular formula is C11H4Ca3O12. The molecule has 1 fully saturated rings.